The Morgan fingerprint density at radius 3 is 2.66 bits per heavy atom. The van der Waals surface area contributed by atoms with Gasteiger partial charge in [-0.2, -0.15) is 18.3 Å². The van der Waals surface area contributed by atoms with E-state index in [1.54, 1.807) is 6.20 Å². The first-order chi connectivity index (χ1) is 13.8. The molecule has 0 aromatic carbocycles. The zero-order chi connectivity index (χ0) is 20.8. The van der Waals surface area contributed by atoms with Gasteiger partial charge < -0.3 is 10.2 Å². The molecule has 2 fully saturated rings. The summed E-state index contributed by atoms with van der Waals surface area (Å²) in [6.07, 6.45) is 0.637. The minimum absolute atomic E-state index is 0.0597. The van der Waals surface area contributed by atoms with Crippen molar-refractivity contribution < 1.29 is 18.0 Å². The van der Waals surface area contributed by atoms with Crippen LogP contribution in [-0.2, 0) is 11.0 Å². The second-order valence-corrected chi connectivity index (χ2v) is 7.60. The highest BCUT2D eigenvalue weighted by Crippen LogP contribution is 2.45. The smallest absolute Gasteiger partial charge is 0.341 e. The van der Waals surface area contributed by atoms with Crippen LogP contribution in [0, 0.1) is 6.92 Å². The number of carbonyl (C=O) groups is 1. The molecule has 0 radical (unpaired) electrons. The van der Waals surface area contributed by atoms with Gasteiger partial charge in [0.05, 0.1) is 34.9 Å². The number of aromatic nitrogens is 4. The standard InChI is InChI=1S/C19H23F3N6O/c1-3-27-10-13(6-7-16(27)29)28-11(2)15(9-24-28)25-18-23-8-14(19(20,21)22)17(26-18)12-4-5-12/h8-9,12-13H,3-7,10H2,1-2H3,(H,23,25,26)/t13-/m1/s1. The minimum atomic E-state index is -4.46. The number of amides is 1. The molecule has 1 amide bonds. The Bertz CT molecular complexity index is 921. The highest BCUT2D eigenvalue weighted by atomic mass is 19.4. The fourth-order valence-electron chi connectivity index (χ4n) is 3.78. The summed E-state index contributed by atoms with van der Waals surface area (Å²) >= 11 is 0. The summed E-state index contributed by atoms with van der Waals surface area (Å²) in [4.78, 5) is 21.8. The van der Waals surface area contributed by atoms with Crippen LogP contribution in [-0.4, -0.2) is 43.6 Å². The van der Waals surface area contributed by atoms with Gasteiger partial charge in [0.1, 0.15) is 0 Å². The number of rotatable bonds is 5. The van der Waals surface area contributed by atoms with Crippen molar-refractivity contribution in [2.45, 2.75) is 57.7 Å². The first-order valence-electron chi connectivity index (χ1n) is 9.81. The molecule has 0 bridgehead atoms. The molecule has 1 atom stereocenters. The van der Waals surface area contributed by atoms with E-state index >= 15 is 0 Å². The third kappa shape index (κ3) is 3.92. The maximum atomic E-state index is 13.2. The van der Waals surface area contributed by atoms with E-state index in [9.17, 15) is 18.0 Å². The SMILES string of the molecule is CCN1C[C@H](n2ncc(Nc3ncc(C(F)(F)F)c(C4CC4)n3)c2C)CCC1=O. The summed E-state index contributed by atoms with van der Waals surface area (Å²) in [7, 11) is 0. The predicted molar refractivity (Wildman–Crippen MR) is 99.8 cm³/mol. The van der Waals surface area contributed by atoms with Crippen molar-refractivity contribution >= 4 is 17.5 Å². The summed E-state index contributed by atoms with van der Waals surface area (Å²) in [6, 6.07) is 0.0683. The van der Waals surface area contributed by atoms with Gasteiger partial charge in [0.2, 0.25) is 11.9 Å². The van der Waals surface area contributed by atoms with Crippen LogP contribution in [0.4, 0.5) is 24.8 Å². The van der Waals surface area contributed by atoms with Crippen molar-refractivity contribution in [2.75, 3.05) is 18.4 Å². The molecule has 4 rings (SSSR count). The molecule has 2 aromatic rings. The van der Waals surface area contributed by atoms with Crippen LogP contribution >= 0.6 is 0 Å². The molecule has 29 heavy (non-hydrogen) atoms. The van der Waals surface area contributed by atoms with Gasteiger partial charge in [-0.3, -0.25) is 9.48 Å². The van der Waals surface area contributed by atoms with E-state index in [1.165, 1.54) is 0 Å². The Labute approximate surface area is 166 Å². The molecule has 10 heteroatoms. The lowest BCUT2D eigenvalue weighted by Crippen LogP contribution is -2.41. The molecule has 2 aromatic heterocycles. The molecular formula is C19H23F3N6O. The van der Waals surface area contributed by atoms with Gasteiger partial charge in [-0.05, 0) is 33.1 Å². The topological polar surface area (TPSA) is 75.9 Å². The Morgan fingerprint density at radius 1 is 1.24 bits per heavy atom. The van der Waals surface area contributed by atoms with E-state index < -0.39 is 11.7 Å². The molecule has 1 saturated heterocycles. The lowest BCUT2D eigenvalue weighted by atomic mass is 10.1. The number of alkyl halides is 3. The fourth-order valence-corrected chi connectivity index (χ4v) is 3.78. The average molecular weight is 408 g/mol. The highest BCUT2D eigenvalue weighted by Gasteiger charge is 2.40. The van der Waals surface area contributed by atoms with Crippen LogP contribution in [0.2, 0.25) is 0 Å². The Morgan fingerprint density at radius 2 is 2.00 bits per heavy atom. The quantitative estimate of drug-likeness (QED) is 0.814. The molecule has 1 aliphatic carbocycles. The number of carbonyl (C=O) groups excluding carboxylic acids is 1. The maximum Gasteiger partial charge on any atom is 0.419 e. The van der Waals surface area contributed by atoms with E-state index in [0.29, 0.717) is 44.5 Å². The van der Waals surface area contributed by atoms with Gasteiger partial charge in [0, 0.05) is 31.6 Å². The monoisotopic (exact) mass is 408 g/mol. The lowest BCUT2D eigenvalue weighted by Gasteiger charge is -2.32. The van der Waals surface area contributed by atoms with Gasteiger partial charge >= 0.3 is 6.18 Å². The van der Waals surface area contributed by atoms with Crippen LogP contribution in [0.25, 0.3) is 0 Å². The van der Waals surface area contributed by atoms with Crippen molar-refractivity contribution in [1.82, 2.24) is 24.6 Å². The van der Waals surface area contributed by atoms with Crippen molar-refractivity contribution in [3.05, 3.63) is 29.3 Å². The predicted octanol–water partition coefficient (Wildman–Crippen LogP) is 3.80. The number of nitrogens with one attached hydrogen (secondary N) is 1. The van der Waals surface area contributed by atoms with E-state index in [2.05, 4.69) is 20.4 Å². The summed E-state index contributed by atoms with van der Waals surface area (Å²) in [5.41, 5.74) is 0.775. The van der Waals surface area contributed by atoms with Crippen molar-refractivity contribution in [3.8, 4) is 0 Å². The molecule has 2 aliphatic rings. The number of piperidine rings is 1. The maximum absolute atomic E-state index is 13.2. The average Bonchev–Trinajstić information content (AvgIpc) is 3.47. The lowest BCUT2D eigenvalue weighted by molar-refractivity contribution is -0.138. The van der Waals surface area contributed by atoms with Gasteiger partial charge in [-0.15, -0.1) is 0 Å². The van der Waals surface area contributed by atoms with Crippen LogP contribution in [0.15, 0.2) is 12.4 Å². The molecule has 1 aliphatic heterocycles. The Kier molecular flexibility index (Phi) is 4.95. The van der Waals surface area contributed by atoms with Crippen molar-refractivity contribution in [1.29, 1.82) is 0 Å². The van der Waals surface area contributed by atoms with Gasteiger partial charge in [0.25, 0.3) is 0 Å². The first-order valence-corrected chi connectivity index (χ1v) is 9.81. The molecule has 156 valence electrons. The van der Waals surface area contributed by atoms with Crippen molar-refractivity contribution in [2.24, 2.45) is 0 Å². The van der Waals surface area contributed by atoms with Crippen LogP contribution in [0.5, 0.6) is 0 Å². The number of hydrogen-bond donors (Lipinski definition) is 1. The zero-order valence-corrected chi connectivity index (χ0v) is 16.3. The van der Waals surface area contributed by atoms with Crippen LogP contribution in [0.3, 0.4) is 0 Å². The third-order valence-electron chi connectivity index (χ3n) is 5.58. The number of halogens is 3. The van der Waals surface area contributed by atoms with Crippen LogP contribution < -0.4 is 5.32 Å². The molecule has 1 saturated carbocycles. The second-order valence-electron chi connectivity index (χ2n) is 7.60. The van der Waals surface area contributed by atoms with Crippen LogP contribution in [0.1, 0.15) is 61.5 Å². The largest absolute Gasteiger partial charge is 0.419 e. The molecule has 1 N–H and O–H groups in total. The summed E-state index contributed by atoms with van der Waals surface area (Å²) < 4.78 is 41.5. The summed E-state index contributed by atoms with van der Waals surface area (Å²) in [6.45, 7) is 5.08. The minimum Gasteiger partial charge on any atom is -0.341 e. The fraction of sp³-hybridized carbons (Fsp3) is 0.579. The molecule has 0 spiro atoms. The third-order valence-corrected chi connectivity index (χ3v) is 5.58. The molecular weight excluding hydrogens is 385 g/mol. The normalized spacial score (nSPS) is 20.2. The Balaban J connectivity index is 1.55. The Hall–Kier alpha value is -2.65. The summed E-state index contributed by atoms with van der Waals surface area (Å²) in [5, 5.41) is 7.45. The van der Waals surface area contributed by atoms with Gasteiger partial charge in [-0.1, -0.05) is 0 Å². The van der Waals surface area contributed by atoms with E-state index in [-0.39, 0.29) is 29.5 Å². The zero-order valence-electron chi connectivity index (χ0n) is 16.3. The number of likely N-dealkylation sites (N-methyl/N-ethyl adjacent to an activating group) is 1. The molecule has 0 unspecified atom stereocenters. The number of anilines is 2. The number of hydrogen-bond acceptors (Lipinski definition) is 5. The van der Waals surface area contributed by atoms with E-state index in [1.807, 2.05) is 23.4 Å². The van der Waals surface area contributed by atoms with Gasteiger partial charge in [0.15, 0.2) is 0 Å². The molecule has 3 heterocycles. The molecule has 7 nitrogen and oxygen atoms in total. The highest BCUT2D eigenvalue weighted by molar-refractivity contribution is 5.77. The van der Waals surface area contributed by atoms with E-state index in [4.69, 9.17) is 0 Å². The van der Waals surface area contributed by atoms with Gasteiger partial charge in [-0.25, -0.2) is 9.97 Å². The summed E-state index contributed by atoms with van der Waals surface area (Å²) in [5.74, 6) is 0.132. The van der Waals surface area contributed by atoms with Crippen molar-refractivity contribution in [3.63, 3.8) is 0 Å². The number of nitrogens with zero attached hydrogens (tertiary/aromatic N) is 5. The van der Waals surface area contributed by atoms with E-state index in [0.717, 1.165) is 11.9 Å². The second kappa shape index (κ2) is 7.31. The first kappa shape index (κ1) is 19.7. The number of likely N-dealkylation sites (tertiary alicyclic amines) is 1.